The molecule has 0 aliphatic heterocycles. The highest BCUT2D eigenvalue weighted by molar-refractivity contribution is 7.47. The van der Waals surface area contributed by atoms with Crippen LogP contribution in [0.2, 0.25) is 0 Å². The lowest BCUT2D eigenvalue weighted by Gasteiger charge is -2.19. The Bertz CT molecular complexity index is 777. The summed E-state index contributed by atoms with van der Waals surface area (Å²) in [6.07, 6.45) is 38.6. The van der Waals surface area contributed by atoms with Gasteiger partial charge in [-0.25, -0.2) is 4.57 Å². The number of phosphoric ester groups is 1. The van der Waals surface area contributed by atoms with Crippen molar-refractivity contribution in [2.45, 2.75) is 187 Å². The Morgan fingerprint density at radius 3 is 1.57 bits per heavy atom. The number of nitrogens with two attached hydrogens (primary N) is 1. The third-order valence-electron chi connectivity index (χ3n) is 8.21. The first-order valence-electron chi connectivity index (χ1n) is 19.4. The molecular formula is C38H74NO7P. The molecule has 8 nitrogen and oxygen atoms in total. The highest BCUT2D eigenvalue weighted by Gasteiger charge is 2.24. The van der Waals surface area contributed by atoms with Crippen LogP contribution in [0.15, 0.2) is 24.5 Å². The number of hydrogen-bond donors (Lipinski definition) is 2. The molecule has 9 heteroatoms. The van der Waals surface area contributed by atoms with E-state index in [1.807, 2.05) is 6.08 Å². The van der Waals surface area contributed by atoms with Crippen LogP contribution in [0.5, 0.6) is 0 Å². The number of rotatable bonds is 37. The number of carbonyl (C=O) groups is 1. The van der Waals surface area contributed by atoms with Gasteiger partial charge in [-0.05, 0) is 51.0 Å². The second kappa shape index (κ2) is 36.1. The second-order valence-corrected chi connectivity index (χ2v) is 14.3. The number of carbonyl (C=O) groups excluding carboxylic acids is 1. The Kier molecular flexibility index (Phi) is 35.2. The predicted octanol–water partition coefficient (Wildman–Crippen LogP) is 11.3. The van der Waals surface area contributed by atoms with Crippen LogP contribution in [0, 0.1) is 0 Å². The molecule has 0 amide bonds. The van der Waals surface area contributed by atoms with Gasteiger partial charge in [-0.15, -0.1) is 0 Å². The van der Waals surface area contributed by atoms with E-state index in [1.54, 1.807) is 6.26 Å². The van der Waals surface area contributed by atoms with Crippen molar-refractivity contribution in [3.8, 4) is 0 Å². The molecule has 0 aromatic rings. The Balaban J connectivity index is 4.14. The van der Waals surface area contributed by atoms with Gasteiger partial charge in [-0.2, -0.15) is 0 Å². The van der Waals surface area contributed by atoms with Crippen LogP contribution in [0.3, 0.4) is 0 Å². The maximum absolute atomic E-state index is 12.3. The quantitative estimate of drug-likeness (QED) is 0.0218. The van der Waals surface area contributed by atoms with E-state index in [1.165, 1.54) is 116 Å². The van der Waals surface area contributed by atoms with Gasteiger partial charge >= 0.3 is 13.8 Å². The maximum atomic E-state index is 12.3. The highest BCUT2D eigenvalue weighted by atomic mass is 31.2. The van der Waals surface area contributed by atoms with Crippen LogP contribution in [0.25, 0.3) is 0 Å². The molecule has 2 atom stereocenters. The minimum atomic E-state index is -4.26. The molecule has 47 heavy (non-hydrogen) atoms. The van der Waals surface area contributed by atoms with E-state index in [9.17, 15) is 14.3 Å². The lowest BCUT2D eigenvalue weighted by atomic mass is 10.0. The molecule has 0 bridgehead atoms. The molecule has 3 N–H and O–H groups in total. The zero-order chi connectivity index (χ0) is 34.5. The minimum absolute atomic E-state index is 0.0648. The fraction of sp³-hybridized carbons (Fsp3) is 0.868. The lowest BCUT2D eigenvalue weighted by molar-refractivity contribution is -0.147. The van der Waals surface area contributed by atoms with Gasteiger partial charge in [-0.1, -0.05) is 142 Å². The van der Waals surface area contributed by atoms with E-state index < -0.39 is 13.9 Å². The molecule has 0 rings (SSSR count). The van der Waals surface area contributed by atoms with Crippen molar-refractivity contribution in [1.82, 2.24) is 0 Å². The smallest absolute Gasteiger partial charge is 0.472 e. The van der Waals surface area contributed by atoms with E-state index >= 15 is 0 Å². The Morgan fingerprint density at radius 2 is 1.09 bits per heavy atom. The number of ether oxygens (including phenoxy) is 2. The van der Waals surface area contributed by atoms with Gasteiger partial charge < -0.3 is 20.1 Å². The average molecular weight is 688 g/mol. The van der Waals surface area contributed by atoms with E-state index in [4.69, 9.17) is 24.3 Å². The third-order valence-corrected chi connectivity index (χ3v) is 9.19. The van der Waals surface area contributed by atoms with E-state index in [-0.39, 0.29) is 32.3 Å². The van der Waals surface area contributed by atoms with Gasteiger partial charge in [0.1, 0.15) is 6.61 Å². The third kappa shape index (κ3) is 35.9. The molecule has 0 fully saturated rings. The zero-order valence-electron chi connectivity index (χ0n) is 30.5. The first-order chi connectivity index (χ1) is 22.9. The number of phosphoric acid groups is 1. The molecule has 0 spiro atoms. The fourth-order valence-electron chi connectivity index (χ4n) is 5.27. The van der Waals surface area contributed by atoms with E-state index in [0.717, 1.165) is 44.9 Å². The molecule has 278 valence electrons. The van der Waals surface area contributed by atoms with E-state index in [0.29, 0.717) is 6.42 Å². The summed E-state index contributed by atoms with van der Waals surface area (Å²) < 4.78 is 33.1. The van der Waals surface area contributed by atoms with E-state index in [2.05, 4.69) is 26.0 Å². The van der Waals surface area contributed by atoms with Crippen molar-refractivity contribution in [2.75, 3.05) is 26.4 Å². The largest absolute Gasteiger partial charge is 0.492 e. The van der Waals surface area contributed by atoms with Crippen molar-refractivity contribution >= 4 is 13.8 Å². The van der Waals surface area contributed by atoms with Gasteiger partial charge in [0.25, 0.3) is 0 Å². The Labute approximate surface area is 289 Å². The molecule has 0 aliphatic rings. The van der Waals surface area contributed by atoms with Crippen LogP contribution >= 0.6 is 7.82 Å². The molecule has 0 heterocycles. The van der Waals surface area contributed by atoms with Crippen molar-refractivity contribution < 1.29 is 32.8 Å². The predicted molar refractivity (Wildman–Crippen MR) is 196 cm³/mol. The number of hydrogen-bond acceptors (Lipinski definition) is 7. The monoisotopic (exact) mass is 688 g/mol. The fourth-order valence-corrected chi connectivity index (χ4v) is 6.03. The van der Waals surface area contributed by atoms with Gasteiger partial charge in [0.05, 0.1) is 19.5 Å². The van der Waals surface area contributed by atoms with Crippen molar-refractivity contribution in [1.29, 1.82) is 0 Å². The first-order valence-corrected chi connectivity index (χ1v) is 20.9. The summed E-state index contributed by atoms with van der Waals surface area (Å²) in [7, 11) is -4.26. The molecule has 0 aromatic carbocycles. The van der Waals surface area contributed by atoms with Crippen molar-refractivity contribution in [3.63, 3.8) is 0 Å². The average Bonchev–Trinajstić information content (AvgIpc) is 3.06. The highest BCUT2D eigenvalue weighted by Crippen LogP contribution is 2.43. The number of unbranched alkanes of at least 4 members (excludes halogenated alkanes) is 22. The molecular weight excluding hydrogens is 613 g/mol. The van der Waals surface area contributed by atoms with Crippen LogP contribution in [0.4, 0.5) is 0 Å². The summed E-state index contributed by atoms with van der Waals surface area (Å²) in [5, 5.41) is 0. The topological polar surface area (TPSA) is 117 Å². The summed E-state index contributed by atoms with van der Waals surface area (Å²) in [6, 6.07) is 0. The van der Waals surface area contributed by atoms with Gasteiger partial charge in [0.2, 0.25) is 0 Å². The Morgan fingerprint density at radius 1 is 0.638 bits per heavy atom. The molecule has 1 unspecified atom stereocenters. The van der Waals surface area contributed by atoms with Crippen LogP contribution in [0.1, 0.15) is 181 Å². The van der Waals surface area contributed by atoms with Crippen LogP contribution in [-0.2, 0) is 27.9 Å². The lowest BCUT2D eigenvalue weighted by Crippen LogP contribution is -2.25. The van der Waals surface area contributed by atoms with Gasteiger partial charge in [0.15, 0.2) is 6.10 Å². The summed E-state index contributed by atoms with van der Waals surface area (Å²) in [6.45, 7) is 4.20. The van der Waals surface area contributed by atoms with Crippen LogP contribution < -0.4 is 5.73 Å². The maximum Gasteiger partial charge on any atom is 0.472 e. The normalized spacial score (nSPS) is 13.8. The summed E-state index contributed by atoms with van der Waals surface area (Å²) in [5.41, 5.74) is 5.35. The molecule has 0 radical (unpaired) electrons. The Hall–Kier alpha value is -1.18. The molecule has 0 saturated carbocycles. The van der Waals surface area contributed by atoms with Crippen molar-refractivity contribution in [2.24, 2.45) is 5.73 Å². The minimum Gasteiger partial charge on any atom is -0.492 e. The summed E-state index contributed by atoms with van der Waals surface area (Å²) >= 11 is 0. The number of allylic oxidation sites excluding steroid dienone is 3. The molecule has 0 saturated heterocycles. The van der Waals surface area contributed by atoms with Gasteiger partial charge in [0, 0.05) is 13.0 Å². The first kappa shape index (κ1) is 45.8. The zero-order valence-corrected chi connectivity index (χ0v) is 31.4. The summed E-state index contributed by atoms with van der Waals surface area (Å²) in [4.78, 5) is 22.2. The standard InChI is InChI=1S/C38H74NO7P/c1-3-5-7-9-11-13-15-17-18-19-20-22-24-26-28-30-33-43-37(36-46-47(41,42)45-34-32-39)35-44-38(40)31-29-27-25-23-21-16-14-12-10-8-6-4-2/h17-18,30,33,37H,3-16,19-29,31-32,34-36,39H2,1-2H3,(H,41,42)/t37-/m1/s1. The summed E-state index contributed by atoms with van der Waals surface area (Å²) in [5.74, 6) is -0.293. The molecule has 0 aromatic heterocycles. The van der Waals surface area contributed by atoms with Gasteiger partial charge in [-0.3, -0.25) is 13.8 Å². The SMILES string of the molecule is CCCCCCCCC=CCCCCCCC=CO[C@H](COC(=O)CCCCCCCCCCCCCC)COP(=O)(O)OCCN. The van der Waals surface area contributed by atoms with Crippen molar-refractivity contribution in [3.05, 3.63) is 24.5 Å². The number of esters is 1. The second-order valence-electron chi connectivity index (χ2n) is 12.9. The van der Waals surface area contributed by atoms with Crippen LogP contribution in [-0.4, -0.2) is 43.3 Å². The molecule has 0 aliphatic carbocycles.